The monoisotopic (exact) mass is 393 g/mol. The molecule has 0 aliphatic heterocycles. The molecule has 0 saturated heterocycles. The van der Waals surface area contributed by atoms with E-state index >= 15 is 0 Å². The maximum Gasteiger partial charge on any atom is 0.326 e. The minimum atomic E-state index is -1.08. The van der Waals surface area contributed by atoms with Crippen LogP contribution in [0.2, 0.25) is 0 Å². The van der Waals surface area contributed by atoms with Gasteiger partial charge in [0.25, 0.3) is 0 Å². The van der Waals surface area contributed by atoms with Gasteiger partial charge in [0.1, 0.15) is 12.1 Å². The summed E-state index contributed by atoms with van der Waals surface area (Å²) in [5, 5.41) is 14.5. The highest BCUT2D eigenvalue weighted by Gasteiger charge is 2.28. The highest BCUT2D eigenvalue weighted by Crippen LogP contribution is 2.08. The van der Waals surface area contributed by atoms with Crippen molar-refractivity contribution >= 4 is 41.3 Å². The number of nitrogens with one attached hydrogen (secondary N) is 2. The number of carbonyl (C=O) groups excluding carboxylic acids is 2. The molecule has 0 radical (unpaired) electrons. The van der Waals surface area contributed by atoms with Crippen molar-refractivity contribution in [1.29, 1.82) is 0 Å². The van der Waals surface area contributed by atoms with Crippen molar-refractivity contribution < 1.29 is 19.5 Å². The average Bonchev–Trinajstić information content (AvgIpc) is 2.54. The van der Waals surface area contributed by atoms with Crippen molar-refractivity contribution in [2.75, 3.05) is 24.0 Å². The normalized spacial score (nSPS) is 14.6. The first-order chi connectivity index (χ1) is 11.7. The number of amides is 2. The Morgan fingerprint density at radius 3 is 1.96 bits per heavy atom. The summed E-state index contributed by atoms with van der Waals surface area (Å²) < 4.78 is 0. The lowest BCUT2D eigenvalue weighted by molar-refractivity contribution is -0.142. The molecule has 146 valence electrons. The molecule has 0 aliphatic carbocycles. The summed E-state index contributed by atoms with van der Waals surface area (Å²) in [6.07, 6.45) is 5.08. The van der Waals surface area contributed by atoms with Crippen molar-refractivity contribution in [1.82, 2.24) is 10.6 Å². The molecule has 0 bridgehead atoms. The molecule has 0 aromatic heterocycles. The zero-order valence-electron chi connectivity index (χ0n) is 15.4. The number of carboxylic acids is 1. The number of hydrogen-bond acceptors (Lipinski definition) is 6. The van der Waals surface area contributed by atoms with E-state index in [9.17, 15) is 19.5 Å². The van der Waals surface area contributed by atoms with Crippen LogP contribution in [0.5, 0.6) is 0 Å². The average molecular weight is 394 g/mol. The third-order valence-corrected chi connectivity index (χ3v) is 4.82. The van der Waals surface area contributed by atoms with E-state index in [4.69, 9.17) is 5.73 Å². The number of nitrogens with two attached hydrogens (primary N) is 1. The fourth-order valence-electron chi connectivity index (χ4n) is 2.12. The predicted molar refractivity (Wildman–Crippen MR) is 105 cm³/mol. The number of thioether (sulfide) groups is 2. The first-order valence-electron chi connectivity index (χ1n) is 8.29. The smallest absolute Gasteiger partial charge is 0.326 e. The minimum absolute atomic E-state index is 0.160. The van der Waals surface area contributed by atoms with Crippen LogP contribution in [0.15, 0.2) is 0 Å². The molecule has 5 N–H and O–H groups in total. The SMILES string of the molecule is CSCC[C@H](NC(=O)[C@H](CC(C)C)NC(=O)[C@@H](N)CCSC)C(=O)O. The largest absolute Gasteiger partial charge is 0.480 e. The summed E-state index contributed by atoms with van der Waals surface area (Å²) in [6.45, 7) is 3.87. The Morgan fingerprint density at radius 1 is 0.960 bits per heavy atom. The van der Waals surface area contributed by atoms with Crippen LogP contribution in [-0.4, -0.2) is 65.0 Å². The molecule has 0 heterocycles. The van der Waals surface area contributed by atoms with E-state index in [1.54, 1.807) is 11.8 Å². The number of carboxylic acid groups (broad SMARTS) is 1. The van der Waals surface area contributed by atoms with E-state index in [1.807, 2.05) is 26.4 Å². The molecule has 0 aromatic carbocycles. The van der Waals surface area contributed by atoms with E-state index in [2.05, 4.69) is 10.6 Å². The van der Waals surface area contributed by atoms with Crippen molar-refractivity contribution in [3.05, 3.63) is 0 Å². The molecule has 0 unspecified atom stereocenters. The van der Waals surface area contributed by atoms with Gasteiger partial charge < -0.3 is 21.5 Å². The van der Waals surface area contributed by atoms with Crippen LogP contribution in [0.3, 0.4) is 0 Å². The lowest BCUT2D eigenvalue weighted by Gasteiger charge is -2.24. The topological polar surface area (TPSA) is 122 Å². The van der Waals surface area contributed by atoms with Gasteiger partial charge in [-0.2, -0.15) is 23.5 Å². The van der Waals surface area contributed by atoms with Crippen LogP contribution < -0.4 is 16.4 Å². The first kappa shape index (κ1) is 24.1. The van der Waals surface area contributed by atoms with Gasteiger partial charge in [-0.1, -0.05) is 13.8 Å². The van der Waals surface area contributed by atoms with E-state index in [0.717, 1.165) is 5.75 Å². The predicted octanol–water partition coefficient (Wildman–Crippen LogP) is 0.920. The molecular formula is C16H31N3O4S2. The second-order valence-electron chi connectivity index (χ2n) is 6.26. The molecule has 0 aliphatic rings. The molecule has 2 amide bonds. The first-order valence-corrected chi connectivity index (χ1v) is 11.1. The van der Waals surface area contributed by atoms with E-state index in [0.29, 0.717) is 25.0 Å². The van der Waals surface area contributed by atoms with Crippen LogP contribution >= 0.6 is 23.5 Å². The second kappa shape index (κ2) is 13.3. The Hall–Kier alpha value is -0.930. The maximum atomic E-state index is 12.5. The van der Waals surface area contributed by atoms with Gasteiger partial charge in [0.05, 0.1) is 6.04 Å². The molecule has 9 heteroatoms. The van der Waals surface area contributed by atoms with Gasteiger partial charge in [-0.3, -0.25) is 9.59 Å². The highest BCUT2D eigenvalue weighted by molar-refractivity contribution is 7.98. The van der Waals surface area contributed by atoms with Crippen molar-refractivity contribution in [3.8, 4) is 0 Å². The molecule has 0 aromatic rings. The zero-order chi connectivity index (χ0) is 19.4. The van der Waals surface area contributed by atoms with E-state index in [1.165, 1.54) is 11.8 Å². The number of carbonyl (C=O) groups is 3. The highest BCUT2D eigenvalue weighted by atomic mass is 32.2. The van der Waals surface area contributed by atoms with Crippen LogP contribution in [0.25, 0.3) is 0 Å². The standard InChI is InChI=1S/C16H31N3O4S2/c1-10(2)9-13(19-14(20)11(17)5-7-24-3)15(21)18-12(16(22)23)6-8-25-4/h10-13H,5-9,17H2,1-4H3,(H,18,21)(H,19,20)(H,22,23)/t11-,12-,13-/m0/s1. The Bertz CT molecular complexity index is 436. The number of rotatable bonds is 13. The summed E-state index contributed by atoms with van der Waals surface area (Å²) >= 11 is 3.11. The number of hydrogen-bond donors (Lipinski definition) is 4. The van der Waals surface area contributed by atoms with Gasteiger partial charge in [-0.15, -0.1) is 0 Å². The Labute approximate surface area is 158 Å². The molecule has 3 atom stereocenters. The van der Waals surface area contributed by atoms with Gasteiger partial charge in [0, 0.05) is 0 Å². The molecule has 7 nitrogen and oxygen atoms in total. The zero-order valence-corrected chi connectivity index (χ0v) is 17.0. The summed E-state index contributed by atoms with van der Waals surface area (Å²) in [5.74, 6) is -0.399. The Morgan fingerprint density at radius 2 is 1.48 bits per heavy atom. The quantitative estimate of drug-likeness (QED) is 0.367. The van der Waals surface area contributed by atoms with Crippen molar-refractivity contribution in [3.63, 3.8) is 0 Å². The van der Waals surface area contributed by atoms with Crippen molar-refractivity contribution in [2.45, 2.75) is 51.2 Å². The summed E-state index contributed by atoms with van der Waals surface area (Å²) in [7, 11) is 0. The van der Waals surface area contributed by atoms with Gasteiger partial charge in [0.15, 0.2) is 0 Å². The van der Waals surface area contributed by atoms with Crippen LogP contribution in [0.1, 0.15) is 33.1 Å². The summed E-state index contributed by atoms with van der Waals surface area (Å²) in [5.41, 5.74) is 5.84. The van der Waals surface area contributed by atoms with Gasteiger partial charge >= 0.3 is 5.97 Å². The maximum absolute atomic E-state index is 12.5. The van der Waals surface area contributed by atoms with Gasteiger partial charge in [0.2, 0.25) is 11.8 Å². The lowest BCUT2D eigenvalue weighted by atomic mass is 10.0. The fourth-order valence-corrected chi connectivity index (χ4v) is 3.08. The fraction of sp³-hybridized carbons (Fsp3) is 0.812. The molecule has 25 heavy (non-hydrogen) atoms. The molecule has 0 rings (SSSR count). The summed E-state index contributed by atoms with van der Waals surface area (Å²) in [4.78, 5) is 36.0. The van der Waals surface area contributed by atoms with Gasteiger partial charge in [-0.25, -0.2) is 4.79 Å². The van der Waals surface area contributed by atoms with Gasteiger partial charge in [-0.05, 0) is 49.2 Å². The molecule has 0 spiro atoms. The Balaban J connectivity index is 4.90. The molecule has 0 fully saturated rings. The van der Waals surface area contributed by atoms with Crippen LogP contribution in [0, 0.1) is 5.92 Å². The molecule has 0 saturated carbocycles. The second-order valence-corrected chi connectivity index (χ2v) is 8.23. The Kier molecular flexibility index (Phi) is 12.8. The third-order valence-electron chi connectivity index (χ3n) is 3.54. The minimum Gasteiger partial charge on any atom is -0.480 e. The third kappa shape index (κ3) is 10.6. The van der Waals surface area contributed by atoms with Crippen LogP contribution in [-0.2, 0) is 14.4 Å². The van der Waals surface area contributed by atoms with Crippen molar-refractivity contribution in [2.24, 2.45) is 11.7 Å². The molecular weight excluding hydrogens is 362 g/mol. The lowest BCUT2D eigenvalue weighted by Crippen LogP contribution is -2.55. The van der Waals surface area contributed by atoms with E-state index < -0.39 is 30.0 Å². The van der Waals surface area contributed by atoms with E-state index in [-0.39, 0.29) is 11.8 Å². The number of aliphatic carboxylic acids is 1. The van der Waals surface area contributed by atoms with Crippen LogP contribution in [0.4, 0.5) is 0 Å². The summed E-state index contributed by atoms with van der Waals surface area (Å²) in [6, 6.07) is -2.43.